The second kappa shape index (κ2) is 3.18. The minimum Gasteiger partial charge on any atom is -0.443 e. The van der Waals surface area contributed by atoms with Crippen LogP contribution in [-0.4, -0.2) is 23.2 Å². The summed E-state index contributed by atoms with van der Waals surface area (Å²) in [6, 6.07) is 0.0376. The third-order valence-electron chi connectivity index (χ3n) is 3.23. The van der Waals surface area contributed by atoms with Crippen LogP contribution >= 0.6 is 0 Å². The van der Waals surface area contributed by atoms with Crippen LogP contribution in [-0.2, 0) is 4.74 Å². The maximum Gasteiger partial charge on any atom is 0.424 e. The van der Waals surface area contributed by atoms with Crippen molar-refractivity contribution in [2.24, 2.45) is 11.8 Å². The topological polar surface area (TPSA) is 55.6 Å². The second-order valence-electron chi connectivity index (χ2n) is 4.04. The molecule has 2 N–H and O–H groups in total. The fraction of sp³-hybridized carbons (Fsp3) is 0.889. The van der Waals surface area contributed by atoms with Crippen molar-refractivity contribution in [3.8, 4) is 0 Å². The van der Waals surface area contributed by atoms with Crippen LogP contribution in [0.3, 0.4) is 0 Å². The number of amides is 1. The number of carbonyl (C=O) groups is 1. The van der Waals surface area contributed by atoms with Crippen LogP contribution in [0.5, 0.6) is 0 Å². The van der Waals surface area contributed by atoms with Gasteiger partial charge in [-0.3, -0.25) is 0 Å². The summed E-state index contributed by atoms with van der Waals surface area (Å²) in [5, 5.41) is 1.21. The van der Waals surface area contributed by atoms with Gasteiger partial charge in [-0.2, -0.15) is 0 Å². The highest BCUT2D eigenvalue weighted by atomic mass is 16.6. The molecule has 1 heterocycles. The lowest BCUT2D eigenvalue weighted by atomic mass is 9.96. The zero-order valence-corrected chi connectivity index (χ0v) is 7.90. The molecule has 74 valence electrons. The number of nitrogens with zero attached hydrogens (tertiary/aromatic N) is 1. The molecule has 2 atom stereocenters. The molecule has 2 aliphatic rings. The van der Waals surface area contributed by atoms with E-state index in [1.165, 1.54) is 30.7 Å². The number of nitrogens with two attached hydrogens (primary N) is 1. The molecular weight excluding hydrogens is 168 g/mol. The number of cyclic esters (lactones) is 1. The van der Waals surface area contributed by atoms with Gasteiger partial charge in [0.2, 0.25) is 0 Å². The van der Waals surface area contributed by atoms with Gasteiger partial charge in [0.05, 0.1) is 6.04 Å². The number of rotatable bonds is 1. The molecule has 4 nitrogen and oxygen atoms in total. The van der Waals surface area contributed by atoms with Crippen molar-refractivity contribution in [1.82, 2.24) is 5.01 Å². The van der Waals surface area contributed by atoms with Gasteiger partial charge in [0, 0.05) is 0 Å². The van der Waals surface area contributed by atoms with E-state index in [4.69, 9.17) is 10.6 Å². The third kappa shape index (κ3) is 1.39. The number of hydrogen-bond donors (Lipinski definition) is 1. The van der Waals surface area contributed by atoms with Crippen LogP contribution < -0.4 is 5.84 Å². The summed E-state index contributed by atoms with van der Waals surface area (Å²) in [7, 11) is 0. The van der Waals surface area contributed by atoms with Crippen LogP contribution in [0.4, 0.5) is 4.79 Å². The molecule has 0 aromatic rings. The summed E-state index contributed by atoms with van der Waals surface area (Å²) in [5.41, 5.74) is 0. The predicted octanol–water partition coefficient (Wildman–Crippen LogP) is 1.26. The van der Waals surface area contributed by atoms with Crippen LogP contribution in [0.2, 0.25) is 0 Å². The molecule has 0 radical (unpaired) electrons. The van der Waals surface area contributed by atoms with Gasteiger partial charge in [-0.25, -0.2) is 15.6 Å². The summed E-state index contributed by atoms with van der Waals surface area (Å²) in [4.78, 5) is 11.1. The smallest absolute Gasteiger partial charge is 0.424 e. The van der Waals surface area contributed by atoms with Gasteiger partial charge in [0.15, 0.2) is 0 Å². The Hall–Kier alpha value is -0.770. The Bertz CT molecular complexity index is 214. The molecule has 2 fully saturated rings. The summed E-state index contributed by atoms with van der Waals surface area (Å²) >= 11 is 0. The highest BCUT2D eigenvalue weighted by Gasteiger charge is 2.42. The molecule has 1 aliphatic carbocycles. The molecule has 1 saturated carbocycles. The van der Waals surface area contributed by atoms with Gasteiger partial charge < -0.3 is 4.74 Å². The number of hydrazine groups is 1. The van der Waals surface area contributed by atoms with Crippen molar-refractivity contribution in [3.05, 3.63) is 0 Å². The Balaban J connectivity index is 2.04. The second-order valence-corrected chi connectivity index (χ2v) is 4.04. The Morgan fingerprint density at radius 2 is 2.08 bits per heavy atom. The van der Waals surface area contributed by atoms with Crippen molar-refractivity contribution in [2.75, 3.05) is 0 Å². The summed E-state index contributed by atoms with van der Waals surface area (Å²) in [5.74, 6) is 6.07. The molecular formula is C9H16N2O2. The highest BCUT2D eigenvalue weighted by molar-refractivity contribution is 5.69. The lowest BCUT2D eigenvalue weighted by Crippen LogP contribution is -2.41. The molecule has 1 aliphatic heterocycles. The van der Waals surface area contributed by atoms with Gasteiger partial charge in [-0.05, 0) is 25.7 Å². The maximum absolute atomic E-state index is 11.1. The van der Waals surface area contributed by atoms with Crippen molar-refractivity contribution in [1.29, 1.82) is 0 Å². The van der Waals surface area contributed by atoms with Crippen molar-refractivity contribution < 1.29 is 9.53 Å². The van der Waals surface area contributed by atoms with E-state index in [1.54, 1.807) is 0 Å². The highest BCUT2D eigenvalue weighted by Crippen LogP contribution is 2.34. The molecule has 2 rings (SSSR count). The standard InChI is InChI=1S/C9H16N2O2/c1-6-8(7-4-2-3-5-7)13-9(12)11(6)10/h6-8H,2-5,10H2,1H3/t6-,8-/m0/s1. The SMILES string of the molecule is C[C@H]1[C@@H](C2CCCC2)OC(=O)N1N. The molecule has 1 saturated heterocycles. The lowest BCUT2D eigenvalue weighted by Gasteiger charge is -2.21. The largest absolute Gasteiger partial charge is 0.443 e. The molecule has 0 unspecified atom stereocenters. The quantitative estimate of drug-likeness (QED) is 0.493. The minimum absolute atomic E-state index is 0.0278. The Morgan fingerprint density at radius 1 is 1.46 bits per heavy atom. The summed E-state index contributed by atoms with van der Waals surface area (Å²) in [6.07, 6.45) is 4.53. The first kappa shape index (κ1) is 8.81. The fourth-order valence-electron chi connectivity index (χ4n) is 2.38. The predicted molar refractivity (Wildman–Crippen MR) is 47.7 cm³/mol. The van der Waals surface area contributed by atoms with Crippen molar-refractivity contribution in [2.45, 2.75) is 44.8 Å². The van der Waals surface area contributed by atoms with Crippen LogP contribution in [0.15, 0.2) is 0 Å². The minimum atomic E-state index is -0.371. The van der Waals surface area contributed by atoms with E-state index in [0.29, 0.717) is 5.92 Å². The Labute approximate surface area is 78.0 Å². The first-order valence-corrected chi connectivity index (χ1v) is 4.94. The van der Waals surface area contributed by atoms with Gasteiger partial charge in [0.25, 0.3) is 0 Å². The Kier molecular flexibility index (Phi) is 2.15. The average Bonchev–Trinajstić information content (AvgIpc) is 2.70. The van der Waals surface area contributed by atoms with Gasteiger partial charge in [0.1, 0.15) is 6.10 Å². The number of hydrogen-bond acceptors (Lipinski definition) is 3. The van der Waals surface area contributed by atoms with Crippen LogP contribution in [0, 0.1) is 5.92 Å². The van der Waals surface area contributed by atoms with Crippen LogP contribution in [0.25, 0.3) is 0 Å². The van der Waals surface area contributed by atoms with E-state index < -0.39 is 0 Å². The Morgan fingerprint density at radius 3 is 2.54 bits per heavy atom. The molecule has 1 amide bonds. The zero-order chi connectivity index (χ0) is 9.42. The van der Waals surface area contributed by atoms with Crippen molar-refractivity contribution >= 4 is 6.09 Å². The third-order valence-corrected chi connectivity index (χ3v) is 3.23. The van der Waals surface area contributed by atoms with E-state index in [1.807, 2.05) is 6.92 Å². The lowest BCUT2D eigenvalue weighted by molar-refractivity contribution is 0.0949. The van der Waals surface area contributed by atoms with E-state index in [0.717, 1.165) is 0 Å². The normalized spacial score (nSPS) is 35.5. The van der Waals surface area contributed by atoms with Crippen LogP contribution in [0.1, 0.15) is 32.6 Å². The first-order chi connectivity index (χ1) is 6.20. The molecule has 0 aromatic heterocycles. The van der Waals surface area contributed by atoms with E-state index in [9.17, 15) is 4.79 Å². The summed E-state index contributed by atoms with van der Waals surface area (Å²) < 4.78 is 5.23. The van der Waals surface area contributed by atoms with E-state index in [2.05, 4.69) is 0 Å². The maximum atomic E-state index is 11.1. The van der Waals surface area contributed by atoms with Crippen molar-refractivity contribution in [3.63, 3.8) is 0 Å². The average molecular weight is 184 g/mol. The monoisotopic (exact) mass is 184 g/mol. The molecule has 0 spiro atoms. The summed E-state index contributed by atoms with van der Waals surface area (Å²) in [6.45, 7) is 1.95. The van der Waals surface area contributed by atoms with Gasteiger partial charge >= 0.3 is 6.09 Å². The number of carbonyl (C=O) groups excluding carboxylic acids is 1. The van der Waals surface area contributed by atoms with E-state index >= 15 is 0 Å². The number of ether oxygens (including phenoxy) is 1. The van der Waals surface area contributed by atoms with Gasteiger partial charge in [-0.15, -0.1) is 0 Å². The fourth-order valence-corrected chi connectivity index (χ4v) is 2.38. The first-order valence-electron chi connectivity index (χ1n) is 4.94. The molecule has 0 aromatic carbocycles. The molecule has 4 heteroatoms. The zero-order valence-electron chi connectivity index (χ0n) is 7.90. The van der Waals surface area contributed by atoms with Gasteiger partial charge in [-0.1, -0.05) is 12.8 Å². The molecule has 13 heavy (non-hydrogen) atoms. The van der Waals surface area contributed by atoms with E-state index in [-0.39, 0.29) is 18.2 Å². The molecule has 0 bridgehead atoms.